The summed E-state index contributed by atoms with van der Waals surface area (Å²) in [5.74, 6) is -1.42. The molecule has 1 aliphatic rings. The van der Waals surface area contributed by atoms with Gasteiger partial charge in [0.15, 0.2) is 0 Å². The number of para-hydroxylation sites is 1. The molecule has 0 aromatic heterocycles. The number of amides is 2. The molecule has 0 radical (unpaired) electrons. The lowest BCUT2D eigenvalue weighted by atomic mass is 10.1. The summed E-state index contributed by atoms with van der Waals surface area (Å²) in [6.45, 7) is 0. The highest BCUT2D eigenvalue weighted by Gasteiger charge is 2.34. The SMILES string of the molecule is N/C(=N\C1=NC(CC(=O)Nc2ccc(Cl)c(C(F)(F)F)c2)C(=O)N1)Nc1ccccc1. The number of benzene rings is 2. The van der Waals surface area contributed by atoms with Gasteiger partial charge in [-0.3, -0.25) is 14.9 Å². The van der Waals surface area contributed by atoms with Crippen molar-refractivity contribution >= 4 is 46.7 Å². The van der Waals surface area contributed by atoms with Gasteiger partial charge >= 0.3 is 6.18 Å². The zero-order chi connectivity index (χ0) is 22.6. The van der Waals surface area contributed by atoms with Crippen LogP contribution in [-0.2, 0) is 15.8 Å². The number of rotatable bonds is 4. The maximum Gasteiger partial charge on any atom is 0.417 e. The number of halogens is 4. The summed E-state index contributed by atoms with van der Waals surface area (Å²) < 4.78 is 38.8. The number of alkyl halides is 3. The first-order valence-electron chi connectivity index (χ1n) is 8.83. The average Bonchev–Trinajstić information content (AvgIpc) is 3.01. The van der Waals surface area contributed by atoms with Crippen molar-refractivity contribution in [2.75, 3.05) is 10.6 Å². The second kappa shape index (κ2) is 9.04. The van der Waals surface area contributed by atoms with Gasteiger partial charge in [0, 0.05) is 11.4 Å². The molecule has 0 spiro atoms. The van der Waals surface area contributed by atoms with Crippen LogP contribution in [0, 0.1) is 0 Å². The van der Waals surface area contributed by atoms with E-state index in [-0.39, 0.29) is 17.6 Å². The first-order chi connectivity index (χ1) is 14.6. The van der Waals surface area contributed by atoms with Crippen molar-refractivity contribution in [2.45, 2.75) is 18.6 Å². The van der Waals surface area contributed by atoms with Gasteiger partial charge in [-0.1, -0.05) is 29.8 Å². The van der Waals surface area contributed by atoms with Crippen LogP contribution in [0.4, 0.5) is 24.5 Å². The van der Waals surface area contributed by atoms with Gasteiger partial charge in [0.2, 0.25) is 17.8 Å². The van der Waals surface area contributed by atoms with Crippen LogP contribution in [0.1, 0.15) is 12.0 Å². The second-order valence-electron chi connectivity index (χ2n) is 6.39. The summed E-state index contributed by atoms with van der Waals surface area (Å²) in [4.78, 5) is 32.2. The Morgan fingerprint density at radius 2 is 1.87 bits per heavy atom. The van der Waals surface area contributed by atoms with E-state index >= 15 is 0 Å². The Balaban J connectivity index is 1.63. The maximum atomic E-state index is 12.9. The number of aliphatic imine (C=N–C) groups is 2. The van der Waals surface area contributed by atoms with Crippen LogP contribution in [-0.4, -0.2) is 29.8 Å². The molecule has 162 valence electrons. The molecule has 2 amide bonds. The summed E-state index contributed by atoms with van der Waals surface area (Å²) in [6, 6.07) is 10.8. The third kappa shape index (κ3) is 5.95. The van der Waals surface area contributed by atoms with Crippen molar-refractivity contribution < 1.29 is 22.8 Å². The van der Waals surface area contributed by atoms with Crippen LogP contribution in [0.3, 0.4) is 0 Å². The van der Waals surface area contributed by atoms with E-state index in [4.69, 9.17) is 17.3 Å². The lowest BCUT2D eigenvalue weighted by Gasteiger charge is -2.12. The Hall–Kier alpha value is -3.60. The predicted octanol–water partition coefficient (Wildman–Crippen LogP) is 2.97. The highest BCUT2D eigenvalue weighted by molar-refractivity contribution is 6.31. The Bertz CT molecular complexity index is 1060. The second-order valence-corrected chi connectivity index (χ2v) is 6.80. The molecule has 0 bridgehead atoms. The van der Waals surface area contributed by atoms with Gasteiger partial charge in [0.05, 0.1) is 17.0 Å². The molecule has 12 heteroatoms. The molecule has 5 N–H and O–H groups in total. The van der Waals surface area contributed by atoms with Gasteiger partial charge in [-0.15, -0.1) is 0 Å². The topological polar surface area (TPSA) is 121 Å². The Morgan fingerprint density at radius 1 is 1.16 bits per heavy atom. The fourth-order valence-corrected chi connectivity index (χ4v) is 2.87. The largest absolute Gasteiger partial charge is 0.417 e. The molecule has 1 aliphatic heterocycles. The third-order valence-electron chi connectivity index (χ3n) is 4.02. The van der Waals surface area contributed by atoms with E-state index in [0.717, 1.165) is 6.07 Å². The molecule has 0 saturated carbocycles. The van der Waals surface area contributed by atoms with Crippen molar-refractivity contribution in [2.24, 2.45) is 15.7 Å². The number of hydrogen-bond acceptors (Lipinski definition) is 4. The molecule has 31 heavy (non-hydrogen) atoms. The van der Waals surface area contributed by atoms with Gasteiger partial charge in [-0.05, 0) is 30.3 Å². The van der Waals surface area contributed by atoms with E-state index in [1.165, 1.54) is 6.07 Å². The summed E-state index contributed by atoms with van der Waals surface area (Å²) in [5.41, 5.74) is 5.24. The summed E-state index contributed by atoms with van der Waals surface area (Å²) >= 11 is 5.55. The number of carbonyl (C=O) groups is 2. The van der Waals surface area contributed by atoms with Crippen molar-refractivity contribution in [1.82, 2.24) is 5.32 Å². The molecule has 0 saturated heterocycles. The molecule has 2 aromatic rings. The predicted molar refractivity (Wildman–Crippen MR) is 111 cm³/mol. The number of carbonyl (C=O) groups excluding carboxylic acids is 2. The molecule has 3 rings (SSSR count). The Morgan fingerprint density at radius 3 is 2.55 bits per heavy atom. The molecule has 0 fully saturated rings. The van der Waals surface area contributed by atoms with Crippen LogP contribution in [0.2, 0.25) is 5.02 Å². The van der Waals surface area contributed by atoms with E-state index in [2.05, 4.69) is 25.9 Å². The molecule has 0 aliphatic carbocycles. The highest BCUT2D eigenvalue weighted by Crippen LogP contribution is 2.36. The molecular formula is C19H16ClF3N6O2. The molecule has 1 atom stereocenters. The number of nitrogens with one attached hydrogen (secondary N) is 3. The molecule has 1 unspecified atom stereocenters. The van der Waals surface area contributed by atoms with Crippen molar-refractivity contribution in [3.05, 3.63) is 59.1 Å². The van der Waals surface area contributed by atoms with Crippen LogP contribution in [0.5, 0.6) is 0 Å². The van der Waals surface area contributed by atoms with Crippen LogP contribution in [0.15, 0.2) is 58.5 Å². The van der Waals surface area contributed by atoms with E-state index in [0.29, 0.717) is 11.8 Å². The van der Waals surface area contributed by atoms with Crippen LogP contribution < -0.4 is 21.7 Å². The van der Waals surface area contributed by atoms with Crippen molar-refractivity contribution in [3.8, 4) is 0 Å². The highest BCUT2D eigenvalue weighted by atomic mass is 35.5. The summed E-state index contributed by atoms with van der Waals surface area (Å²) in [6.07, 6.45) is -5.07. The number of nitrogens with zero attached hydrogens (tertiary/aromatic N) is 2. The normalized spacial score (nSPS) is 16.5. The zero-order valence-electron chi connectivity index (χ0n) is 15.7. The van der Waals surface area contributed by atoms with Gasteiger partial charge < -0.3 is 16.4 Å². The monoisotopic (exact) mass is 452 g/mol. The van der Waals surface area contributed by atoms with E-state index < -0.39 is 41.0 Å². The van der Waals surface area contributed by atoms with E-state index in [9.17, 15) is 22.8 Å². The average molecular weight is 453 g/mol. The van der Waals surface area contributed by atoms with Crippen molar-refractivity contribution in [3.63, 3.8) is 0 Å². The van der Waals surface area contributed by atoms with Gasteiger partial charge in [-0.25, -0.2) is 4.99 Å². The maximum absolute atomic E-state index is 12.9. The molecule has 2 aromatic carbocycles. The standard InChI is InChI=1S/C19H16ClF3N6O2/c20-13-7-6-11(8-12(13)19(21,22)23)25-15(30)9-14-16(31)28-18(27-14)29-17(24)26-10-4-2-1-3-5-10/h1-8,14H,9H2,(H,25,30)(H4,24,26,27,28,29,31). The minimum absolute atomic E-state index is 0.0313. The first-order valence-corrected chi connectivity index (χ1v) is 9.21. The lowest BCUT2D eigenvalue weighted by Crippen LogP contribution is -2.32. The Labute approximate surface area is 179 Å². The van der Waals surface area contributed by atoms with E-state index in [1.807, 2.05) is 6.07 Å². The van der Waals surface area contributed by atoms with Gasteiger partial charge in [-0.2, -0.15) is 18.2 Å². The molecular weight excluding hydrogens is 437 g/mol. The number of nitrogens with two attached hydrogens (primary N) is 1. The Kier molecular flexibility index (Phi) is 6.44. The smallest absolute Gasteiger partial charge is 0.369 e. The number of guanidine groups is 2. The first kappa shape index (κ1) is 22.1. The third-order valence-corrected chi connectivity index (χ3v) is 4.35. The minimum atomic E-state index is -4.67. The summed E-state index contributed by atoms with van der Waals surface area (Å²) in [7, 11) is 0. The summed E-state index contributed by atoms with van der Waals surface area (Å²) in [5, 5.41) is 7.00. The van der Waals surface area contributed by atoms with E-state index in [1.54, 1.807) is 24.3 Å². The van der Waals surface area contributed by atoms with Crippen molar-refractivity contribution in [1.29, 1.82) is 0 Å². The van der Waals surface area contributed by atoms with Crippen LogP contribution in [0.25, 0.3) is 0 Å². The quantitative estimate of drug-likeness (QED) is 0.421. The molecule has 8 nitrogen and oxygen atoms in total. The van der Waals surface area contributed by atoms with Gasteiger partial charge in [0.25, 0.3) is 5.91 Å². The fourth-order valence-electron chi connectivity index (χ4n) is 2.65. The van der Waals surface area contributed by atoms with Crippen LogP contribution >= 0.6 is 11.6 Å². The number of hydrogen-bond donors (Lipinski definition) is 4. The van der Waals surface area contributed by atoms with Gasteiger partial charge in [0.1, 0.15) is 6.04 Å². The zero-order valence-corrected chi connectivity index (χ0v) is 16.5. The minimum Gasteiger partial charge on any atom is -0.369 e. The fraction of sp³-hybridized carbons (Fsp3) is 0.158. The molecule has 1 heterocycles. The number of anilines is 2. The lowest BCUT2D eigenvalue weighted by molar-refractivity contribution is -0.137.